The molecule has 1 unspecified atom stereocenters. The fourth-order valence-electron chi connectivity index (χ4n) is 2.47. The number of aryl methyl sites for hydroxylation is 2. The van der Waals surface area contributed by atoms with E-state index in [-0.39, 0.29) is 6.10 Å². The summed E-state index contributed by atoms with van der Waals surface area (Å²) in [6.07, 6.45) is 4.53. The third kappa shape index (κ3) is 1.71. The molecule has 1 heterocycles. The van der Waals surface area contributed by atoms with Crippen LogP contribution < -0.4 is 0 Å². The highest BCUT2D eigenvalue weighted by molar-refractivity contribution is 5.23. The first-order valence-corrected chi connectivity index (χ1v) is 5.43. The molecule has 1 aromatic heterocycles. The van der Waals surface area contributed by atoms with Crippen molar-refractivity contribution in [3.8, 4) is 0 Å². The molecule has 2 rings (SSSR count). The van der Waals surface area contributed by atoms with E-state index in [1.165, 1.54) is 12.8 Å². The minimum absolute atomic E-state index is 0.310. The van der Waals surface area contributed by atoms with Gasteiger partial charge >= 0.3 is 0 Å². The van der Waals surface area contributed by atoms with Crippen LogP contribution in [0.3, 0.4) is 0 Å². The molecule has 2 heteroatoms. The van der Waals surface area contributed by atoms with Crippen molar-refractivity contribution in [2.24, 2.45) is 5.92 Å². The van der Waals surface area contributed by atoms with Gasteiger partial charge in [-0.1, -0.05) is 12.8 Å². The largest absolute Gasteiger partial charge is 0.466 e. The van der Waals surface area contributed by atoms with Crippen LogP contribution in [0.2, 0.25) is 0 Å². The quantitative estimate of drug-likeness (QED) is 0.784. The fourth-order valence-corrected chi connectivity index (χ4v) is 2.47. The zero-order valence-corrected chi connectivity index (χ0v) is 8.92. The standard InChI is InChI=1S/C12H18O2/c1-8-7-11(9(2)14-8)12(13)10-5-3-4-6-10/h7,10,12-13H,3-6H2,1-2H3. The van der Waals surface area contributed by atoms with Crippen molar-refractivity contribution < 1.29 is 9.52 Å². The Morgan fingerprint density at radius 3 is 2.50 bits per heavy atom. The van der Waals surface area contributed by atoms with Crippen molar-refractivity contribution >= 4 is 0 Å². The number of hydrogen-bond donors (Lipinski definition) is 1. The summed E-state index contributed by atoms with van der Waals surface area (Å²) in [6, 6.07) is 1.97. The third-order valence-corrected chi connectivity index (χ3v) is 3.24. The second kappa shape index (κ2) is 3.77. The van der Waals surface area contributed by atoms with Crippen molar-refractivity contribution in [1.29, 1.82) is 0 Å². The number of hydrogen-bond acceptors (Lipinski definition) is 2. The van der Waals surface area contributed by atoms with E-state index >= 15 is 0 Å². The molecule has 0 amide bonds. The zero-order chi connectivity index (χ0) is 10.1. The highest BCUT2D eigenvalue weighted by atomic mass is 16.3. The minimum Gasteiger partial charge on any atom is -0.466 e. The van der Waals surface area contributed by atoms with E-state index in [0.717, 1.165) is 29.9 Å². The molecule has 0 aromatic carbocycles. The van der Waals surface area contributed by atoms with Crippen LogP contribution in [-0.2, 0) is 0 Å². The Labute approximate surface area is 84.9 Å². The van der Waals surface area contributed by atoms with Gasteiger partial charge in [0.2, 0.25) is 0 Å². The first-order chi connectivity index (χ1) is 6.68. The molecule has 1 N–H and O–H groups in total. The minimum atomic E-state index is -0.310. The Balaban J connectivity index is 2.17. The SMILES string of the molecule is Cc1cc(C(O)C2CCCC2)c(C)o1. The summed E-state index contributed by atoms with van der Waals surface area (Å²) in [5, 5.41) is 10.2. The van der Waals surface area contributed by atoms with Gasteiger partial charge in [0.1, 0.15) is 11.5 Å². The van der Waals surface area contributed by atoms with Gasteiger partial charge in [0, 0.05) is 5.56 Å². The van der Waals surface area contributed by atoms with Crippen LogP contribution in [0.5, 0.6) is 0 Å². The Bertz CT molecular complexity index is 308. The van der Waals surface area contributed by atoms with E-state index in [0.29, 0.717) is 5.92 Å². The highest BCUT2D eigenvalue weighted by Crippen LogP contribution is 2.37. The molecule has 1 aliphatic carbocycles. The Morgan fingerprint density at radius 2 is 2.00 bits per heavy atom. The Morgan fingerprint density at radius 1 is 1.36 bits per heavy atom. The summed E-state index contributed by atoms with van der Waals surface area (Å²) in [6.45, 7) is 3.86. The zero-order valence-electron chi connectivity index (χ0n) is 8.92. The summed E-state index contributed by atoms with van der Waals surface area (Å²) in [5.74, 6) is 2.22. The molecule has 1 saturated carbocycles. The molecule has 1 fully saturated rings. The predicted octanol–water partition coefficient (Wildman–Crippen LogP) is 3.12. The Kier molecular flexibility index (Phi) is 2.64. The molecule has 14 heavy (non-hydrogen) atoms. The van der Waals surface area contributed by atoms with Gasteiger partial charge in [0.25, 0.3) is 0 Å². The molecular weight excluding hydrogens is 176 g/mol. The van der Waals surface area contributed by atoms with E-state index in [2.05, 4.69) is 0 Å². The number of aliphatic hydroxyl groups excluding tert-OH is 1. The lowest BCUT2D eigenvalue weighted by molar-refractivity contribution is 0.110. The van der Waals surface area contributed by atoms with Crippen LogP contribution >= 0.6 is 0 Å². The van der Waals surface area contributed by atoms with Crippen LogP contribution in [0.4, 0.5) is 0 Å². The number of furan rings is 1. The lowest BCUT2D eigenvalue weighted by atomic mass is 9.95. The molecule has 0 bridgehead atoms. The van der Waals surface area contributed by atoms with E-state index in [4.69, 9.17) is 4.42 Å². The van der Waals surface area contributed by atoms with Crippen molar-refractivity contribution in [2.75, 3.05) is 0 Å². The molecule has 78 valence electrons. The fraction of sp³-hybridized carbons (Fsp3) is 0.667. The van der Waals surface area contributed by atoms with Gasteiger partial charge in [-0.15, -0.1) is 0 Å². The summed E-state index contributed by atoms with van der Waals surface area (Å²) >= 11 is 0. The lowest BCUT2D eigenvalue weighted by Crippen LogP contribution is -2.08. The molecule has 0 aliphatic heterocycles. The van der Waals surface area contributed by atoms with Crippen molar-refractivity contribution in [2.45, 2.75) is 45.6 Å². The maximum atomic E-state index is 10.2. The Hall–Kier alpha value is -0.760. The molecule has 1 atom stereocenters. The molecule has 0 radical (unpaired) electrons. The van der Waals surface area contributed by atoms with Crippen LogP contribution in [0, 0.1) is 19.8 Å². The predicted molar refractivity (Wildman–Crippen MR) is 55.1 cm³/mol. The van der Waals surface area contributed by atoms with Gasteiger partial charge in [-0.2, -0.15) is 0 Å². The van der Waals surface area contributed by atoms with Crippen LogP contribution in [0.1, 0.15) is 48.9 Å². The monoisotopic (exact) mass is 194 g/mol. The van der Waals surface area contributed by atoms with Crippen LogP contribution in [-0.4, -0.2) is 5.11 Å². The summed E-state index contributed by atoms with van der Waals surface area (Å²) in [4.78, 5) is 0. The van der Waals surface area contributed by atoms with E-state index in [1.807, 2.05) is 19.9 Å². The van der Waals surface area contributed by atoms with Gasteiger partial charge in [-0.25, -0.2) is 0 Å². The lowest BCUT2D eigenvalue weighted by Gasteiger charge is -2.16. The summed E-state index contributed by atoms with van der Waals surface area (Å²) < 4.78 is 5.44. The van der Waals surface area contributed by atoms with Crippen molar-refractivity contribution in [3.63, 3.8) is 0 Å². The van der Waals surface area contributed by atoms with E-state index in [9.17, 15) is 5.11 Å². The number of rotatable bonds is 2. The maximum absolute atomic E-state index is 10.2. The first kappa shape index (κ1) is 9.78. The van der Waals surface area contributed by atoms with Crippen molar-refractivity contribution in [3.05, 3.63) is 23.2 Å². The van der Waals surface area contributed by atoms with E-state index < -0.39 is 0 Å². The molecule has 1 aromatic rings. The molecular formula is C12H18O2. The molecule has 0 spiro atoms. The summed E-state index contributed by atoms with van der Waals surface area (Å²) in [7, 11) is 0. The molecule has 1 aliphatic rings. The first-order valence-electron chi connectivity index (χ1n) is 5.43. The second-order valence-electron chi connectivity index (χ2n) is 4.36. The van der Waals surface area contributed by atoms with Crippen molar-refractivity contribution in [1.82, 2.24) is 0 Å². The normalized spacial score (nSPS) is 20.2. The van der Waals surface area contributed by atoms with Crippen LogP contribution in [0.25, 0.3) is 0 Å². The average Bonchev–Trinajstić information content (AvgIpc) is 2.73. The van der Waals surface area contributed by atoms with Gasteiger partial charge in [0.15, 0.2) is 0 Å². The van der Waals surface area contributed by atoms with Gasteiger partial charge < -0.3 is 9.52 Å². The maximum Gasteiger partial charge on any atom is 0.106 e. The van der Waals surface area contributed by atoms with E-state index in [1.54, 1.807) is 0 Å². The second-order valence-corrected chi connectivity index (χ2v) is 4.36. The third-order valence-electron chi connectivity index (χ3n) is 3.24. The van der Waals surface area contributed by atoms with Gasteiger partial charge in [0.05, 0.1) is 6.10 Å². The smallest absolute Gasteiger partial charge is 0.106 e. The topological polar surface area (TPSA) is 33.4 Å². The van der Waals surface area contributed by atoms with Gasteiger partial charge in [-0.3, -0.25) is 0 Å². The average molecular weight is 194 g/mol. The van der Waals surface area contributed by atoms with Gasteiger partial charge in [-0.05, 0) is 38.7 Å². The van der Waals surface area contributed by atoms with Crippen LogP contribution in [0.15, 0.2) is 10.5 Å². The molecule has 0 saturated heterocycles. The molecule has 2 nitrogen and oxygen atoms in total. The summed E-state index contributed by atoms with van der Waals surface area (Å²) in [5.41, 5.74) is 0.995. The highest BCUT2D eigenvalue weighted by Gasteiger charge is 2.26. The number of aliphatic hydroxyl groups is 1.